The number of allylic oxidation sites excluding steroid dienone is 2. The molecule has 4 rings (SSSR count). The summed E-state index contributed by atoms with van der Waals surface area (Å²) >= 11 is 4.75. The minimum Gasteiger partial charge on any atom is -0.420 e. The average molecular weight is 476 g/mol. The zero-order valence-electron chi connectivity index (χ0n) is 16.9. The third kappa shape index (κ3) is 4.90. The lowest BCUT2D eigenvalue weighted by molar-refractivity contribution is -0.0964. The van der Waals surface area contributed by atoms with Crippen LogP contribution in [0.4, 0.5) is 18.9 Å². The van der Waals surface area contributed by atoms with Gasteiger partial charge >= 0.3 is 5.57 Å². The first-order chi connectivity index (χ1) is 15.8. The number of hydrogen-bond acceptors (Lipinski definition) is 4. The molecule has 1 aliphatic rings. The van der Waals surface area contributed by atoms with Crippen molar-refractivity contribution in [1.29, 1.82) is 5.41 Å². The van der Waals surface area contributed by atoms with Gasteiger partial charge in [-0.1, -0.05) is 6.08 Å². The van der Waals surface area contributed by atoms with Crippen LogP contribution in [0.5, 0.6) is 5.75 Å². The van der Waals surface area contributed by atoms with Gasteiger partial charge < -0.3 is 14.6 Å². The molecule has 0 saturated carbocycles. The van der Waals surface area contributed by atoms with Crippen LogP contribution in [0.1, 0.15) is 28.4 Å². The summed E-state index contributed by atoms with van der Waals surface area (Å²) in [6.45, 7) is -0.589. The summed E-state index contributed by atoms with van der Waals surface area (Å²) in [6.07, 6.45) is 6.11. The van der Waals surface area contributed by atoms with E-state index in [1.165, 1.54) is 36.8 Å². The molecule has 0 bridgehead atoms. The average Bonchev–Trinajstić information content (AvgIpc) is 3.13. The summed E-state index contributed by atoms with van der Waals surface area (Å²) in [5.41, 5.74) is -0.775. The number of hydrogen-bond donors (Lipinski definition) is 2. The number of anilines is 1. The van der Waals surface area contributed by atoms with Gasteiger partial charge in [-0.25, -0.2) is 14.4 Å². The van der Waals surface area contributed by atoms with Gasteiger partial charge in [-0.3, -0.25) is 10.2 Å². The predicted octanol–water partition coefficient (Wildman–Crippen LogP) is 5.43. The summed E-state index contributed by atoms with van der Waals surface area (Å²) in [4.78, 5) is 21.1. The van der Waals surface area contributed by atoms with Gasteiger partial charge in [-0.15, -0.1) is 8.78 Å². The highest BCUT2D eigenvalue weighted by atomic mass is 35.5. The van der Waals surface area contributed by atoms with Crippen LogP contribution in [0, 0.1) is 5.41 Å². The highest BCUT2D eigenvalue weighted by Gasteiger charge is 2.27. The Balaban J connectivity index is 1.67. The van der Waals surface area contributed by atoms with Crippen molar-refractivity contribution in [2.24, 2.45) is 4.99 Å². The number of carbonyl (C=O) groups excluding carboxylic acids is 1. The molecule has 1 aliphatic heterocycles. The summed E-state index contributed by atoms with van der Waals surface area (Å²) in [5.74, 6) is -0.628. The van der Waals surface area contributed by atoms with Crippen molar-refractivity contribution >= 4 is 52.4 Å². The number of amides is 1. The Morgan fingerprint density at radius 3 is 2.79 bits per heavy atom. The van der Waals surface area contributed by atoms with Gasteiger partial charge in [0, 0.05) is 34.6 Å². The molecule has 3 aromatic rings. The van der Waals surface area contributed by atoms with Crippen molar-refractivity contribution in [1.82, 2.24) is 9.55 Å². The Morgan fingerprint density at radius 1 is 1.36 bits per heavy atom. The van der Waals surface area contributed by atoms with Crippen LogP contribution in [0.15, 0.2) is 53.8 Å². The standard InChI is InChI=1S/C22H17ClF3N5O2/c23-22(25,26)33-17-5-2-15(3-6-17)30-21(32)14-7-18-13(10-28-11-27)1-4-16(9-24)31-12-29-19(8-14)20(18)31/h1-3,5-8,10-12,16,27H,4,9H2,(H,30,32)/b27-11?,28-10-/t16-/m1/s1. The molecule has 1 amide bonds. The molecule has 0 fully saturated rings. The fourth-order valence-electron chi connectivity index (χ4n) is 3.61. The zero-order chi connectivity index (χ0) is 23.6. The summed E-state index contributed by atoms with van der Waals surface area (Å²) < 4.78 is 45.1. The Morgan fingerprint density at radius 2 is 2.12 bits per heavy atom. The first kappa shape index (κ1) is 22.5. The molecule has 0 spiro atoms. The van der Waals surface area contributed by atoms with E-state index in [9.17, 15) is 18.0 Å². The lowest BCUT2D eigenvalue weighted by Crippen LogP contribution is -2.16. The molecular formula is C22H17ClF3N5O2. The van der Waals surface area contributed by atoms with E-state index < -0.39 is 24.2 Å². The maximum Gasteiger partial charge on any atom is 0.487 e. The number of nitrogens with zero attached hydrogens (tertiary/aromatic N) is 3. The fourth-order valence-corrected chi connectivity index (χ4v) is 3.70. The zero-order valence-corrected chi connectivity index (χ0v) is 17.7. The molecule has 2 aromatic carbocycles. The normalized spacial score (nSPS) is 15.9. The molecule has 1 atom stereocenters. The molecule has 7 nitrogen and oxygen atoms in total. The monoisotopic (exact) mass is 475 g/mol. The maximum absolute atomic E-state index is 13.6. The van der Waals surface area contributed by atoms with E-state index in [4.69, 9.17) is 17.0 Å². The third-order valence-electron chi connectivity index (χ3n) is 5.06. The SMILES string of the molecule is N=C/N=C\C1=CC[C@H](CF)n2cnc3cc(C(=O)Nc4ccc(OC(F)(F)Cl)cc4)cc1c32. The van der Waals surface area contributed by atoms with Gasteiger partial charge in [0.2, 0.25) is 0 Å². The number of aromatic nitrogens is 2. The number of nitrogens with one attached hydrogen (secondary N) is 2. The first-order valence-electron chi connectivity index (χ1n) is 9.75. The molecule has 11 heteroatoms. The second-order valence-electron chi connectivity index (χ2n) is 7.18. The molecule has 0 aliphatic carbocycles. The van der Waals surface area contributed by atoms with E-state index in [1.807, 2.05) is 6.08 Å². The van der Waals surface area contributed by atoms with E-state index in [0.717, 1.165) is 6.34 Å². The summed E-state index contributed by atoms with van der Waals surface area (Å²) in [7, 11) is 0. The summed E-state index contributed by atoms with van der Waals surface area (Å²) in [6, 6.07) is 8.07. The van der Waals surface area contributed by atoms with Crippen LogP contribution < -0.4 is 10.1 Å². The first-order valence-corrected chi connectivity index (χ1v) is 10.1. The minimum atomic E-state index is -3.84. The largest absolute Gasteiger partial charge is 0.487 e. The smallest absolute Gasteiger partial charge is 0.420 e. The van der Waals surface area contributed by atoms with Crippen LogP contribution in [-0.4, -0.2) is 40.3 Å². The van der Waals surface area contributed by atoms with E-state index in [0.29, 0.717) is 34.3 Å². The van der Waals surface area contributed by atoms with Crippen LogP contribution in [0.25, 0.3) is 16.6 Å². The predicted molar refractivity (Wildman–Crippen MR) is 120 cm³/mol. The van der Waals surface area contributed by atoms with Crippen LogP contribution in [-0.2, 0) is 0 Å². The van der Waals surface area contributed by atoms with Crippen LogP contribution in [0.3, 0.4) is 0 Å². The number of benzene rings is 2. The number of halogens is 4. The Kier molecular flexibility index (Phi) is 6.19. The van der Waals surface area contributed by atoms with Gasteiger partial charge in [0.1, 0.15) is 18.8 Å². The van der Waals surface area contributed by atoms with E-state index >= 15 is 0 Å². The molecule has 0 unspecified atom stereocenters. The molecule has 0 radical (unpaired) electrons. The number of ether oxygens (including phenoxy) is 1. The van der Waals surface area contributed by atoms with Crippen LogP contribution >= 0.6 is 11.6 Å². The lowest BCUT2D eigenvalue weighted by atomic mass is 10.0. The number of alkyl halides is 4. The highest BCUT2D eigenvalue weighted by molar-refractivity contribution is 6.20. The second-order valence-corrected chi connectivity index (χ2v) is 7.62. The molecule has 2 heterocycles. The van der Waals surface area contributed by atoms with Crippen molar-refractivity contribution in [2.45, 2.75) is 18.0 Å². The quantitative estimate of drug-likeness (QED) is 0.271. The molecule has 33 heavy (non-hydrogen) atoms. The van der Waals surface area contributed by atoms with E-state index in [-0.39, 0.29) is 11.3 Å². The van der Waals surface area contributed by atoms with Gasteiger partial charge in [-0.05, 0) is 48.4 Å². The number of aliphatic imine (C=N–C) groups is 1. The van der Waals surface area contributed by atoms with Crippen LogP contribution in [0.2, 0.25) is 0 Å². The number of imidazole rings is 1. The maximum atomic E-state index is 13.6. The molecule has 0 saturated heterocycles. The van der Waals surface area contributed by atoms with Gasteiger partial charge in [0.25, 0.3) is 5.91 Å². The molecular weight excluding hydrogens is 459 g/mol. The van der Waals surface area contributed by atoms with E-state index in [2.05, 4.69) is 20.0 Å². The Hall–Kier alpha value is -3.66. The van der Waals surface area contributed by atoms with Crippen molar-refractivity contribution < 1.29 is 22.7 Å². The van der Waals surface area contributed by atoms with Crippen molar-refractivity contribution in [3.8, 4) is 5.75 Å². The lowest BCUT2D eigenvalue weighted by Gasteiger charge is -2.14. The van der Waals surface area contributed by atoms with Gasteiger partial charge in [-0.2, -0.15) is 0 Å². The van der Waals surface area contributed by atoms with Gasteiger partial charge in [0.15, 0.2) is 0 Å². The topological polar surface area (TPSA) is 92.4 Å². The van der Waals surface area contributed by atoms with Crippen molar-refractivity contribution in [3.63, 3.8) is 0 Å². The fraction of sp³-hybridized carbons (Fsp3) is 0.182. The molecule has 1 aromatic heterocycles. The highest BCUT2D eigenvalue weighted by Crippen LogP contribution is 2.33. The number of rotatable bonds is 7. The van der Waals surface area contributed by atoms with Gasteiger partial charge in [0.05, 0.1) is 23.4 Å². The van der Waals surface area contributed by atoms with E-state index in [1.54, 1.807) is 16.7 Å². The Bertz CT molecular complexity index is 1270. The Labute approximate surface area is 191 Å². The van der Waals surface area contributed by atoms with Crippen molar-refractivity contribution in [2.75, 3.05) is 12.0 Å². The van der Waals surface area contributed by atoms with Crippen molar-refractivity contribution in [3.05, 3.63) is 59.9 Å². The molecule has 170 valence electrons. The third-order valence-corrected chi connectivity index (χ3v) is 5.13. The number of carbonyl (C=O) groups is 1. The minimum absolute atomic E-state index is 0.164. The second kappa shape index (κ2) is 9.07. The summed E-state index contributed by atoms with van der Waals surface area (Å²) in [5, 5.41) is 9.85. The molecule has 2 N–H and O–H groups in total.